The van der Waals surface area contributed by atoms with E-state index in [-0.39, 0.29) is 0 Å². The van der Waals surface area contributed by atoms with E-state index in [4.69, 9.17) is 8.85 Å². The summed E-state index contributed by atoms with van der Waals surface area (Å²) in [5, 5.41) is 0. The Labute approximate surface area is 193 Å². The lowest BCUT2D eigenvalue weighted by Gasteiger charge is -2.61. The zero-order valence-corrected chi connectivity index (χ0v) is 22.6. The van der Waals surface area contributed by atoms with Crippen LogP contribution in [-0.4, -0.2) is 57.4 Å². The lowest BCUT2D eigenvalue weighted by Crippen LogP contribution is -2.78. The molecular weight excluding hydrogens is 400 g/mol. The summed E-state index contributed by atoms with van der Waals surface area (Å²) in [5.41, 5.74) is 0. The first-order valence-electron chi connectivity index (χ1n) is 13.4. The van der Waals surface area contributed by atoms with Crippen molar-refractivity contribution < 1.29 is 8.85 Å². The second-order valence-electron chi connectivity index (χ2n) is 12.0. The van der Waals surface area contributed by atoms with Crippen molar-refractivity contribution in [2.75, 3.05) is 27.3 Å². The summed E-state index contributed by atoms with van der Waals surface area (Å²) >= 11 is 0. The highest BCUT2D eigenvalue weighted by atomic mass is 28.4. The van der Waals surface area contributed by atoms with Gasteiger partial charge in [-0.2, -0.15) is 0 Å². The van der Waals surface area contributed by atoms with Gasteiger partial charge in [0.05, 0.1) is 0 Å². The Morgan fingerprint density at radius 1 is 0.548 bits per heavy atom. The third-order valence-electron chi connectivity index (χ3n) is 10.8. The molecule has 0 amide bonds. The molecule has 0 aromatic heterocycles. The number of rotatable bonds is 4. The van der Waals surface area contributed by atoms with E-state index in [1.807, 2.05) is 14.2 Å². The van der Waals surface area contributed by atoms with Gasteiger partial charge in [0.25, 0.3) is 0 Å². The van der Waals surface area contributed by atoms with E-state index >= 15 is 0 Å². The van der Waals surface area contributed by atoms with E-state index in [1.165, 1.54) is 38.5 Å². The predicted molar refractivity (Wildman–Crippen MR) is 130 cm³/mol. The fourth-order valence-corrected chi connectivity index (χ4v) is 12.3. The molecule has 2 heterocycles. The first kappa shape index (κ1) is 24.2. The Hall–Kier alpha value is 0.0569. The molecule has 31 heavy (non-hydrogen) atoms. The molecule has 4 aliphatic rings. The molecule has 5 heteroatoms. The third-order valence-corrected chi connectivity index (χ3v) is 14.4. The van der Waals surface area contributed by atoms with Crippen molar-refractivity contribution in [3.05, 3.63) is 0 Å². The van der Waals surface area contributed by atoms with Crippen LogP contribution < -0.4 is 0 Å². The van der Waals surface area contributed by atoms with E-state index in [9.17, 15) is 0 Å². The van der Waals surface area contributed by atoms with Gasteiger partial charge in [0.15, 0.2) is 0 Å². The van der Waals surface area contributed by atoms with Crippen LogP contribution in [0.15, 0.2) is 0 Å². The first-order chi connectivity index (χ1) is 14.8. The highest BCUT2D eigenvalue weighted by molar-refractivity contribution is 6.61. The maximum atomic E-state index is 6.63. The van der Waals surface area contributed by atoms with Crippen LogP contribution in [0.1, 0.15) is 80.1 Å². The molecule has 0 N–H and O–H groups in total. The van der Waals surface area contributed by atoms with Crippen LogP contribution in [0.2, 0.25) is 0 Å². The van der Waals surface area contributed by atoms with Crippen molar-refractivity contribution >= 4 is 8.88 Å². The van der Waals surface area contributed by atoms with Gasteiger partial charge in [-0.25, -0.2) is 0 Å². The van der Waals surface area contributed by atoms with E-state index in [2.05, 4.69) is 50.7 Å². The van der Waals surface area contributed by atoms with Gasteiger partial charge in [-0.3, -0.25) is 9.13 Å². The summed E-state index contributed by atoms with van der Waals surface area (Å²) in [6.07, 6.45) is 7.89. The van der Waals surface area contributed by atoms with Gasteiger partial charge in [-0.05, 0) is 99.0 Å². The summed E-state index contributed by atoms with van der Waals surface area (Å²) in [6.45, 7) is 17.3. The minimum atomic E-state index is -2.65. The van der Waals surface area contributed by atoms with Crippen LogP contribution in [0.3, 0.4) is 0 Å². The molecule has 2 saturated heterocycles. The van der Waals surface area contributed by atoms with Crippen LogP contribution in [0.5, 0.6) is 0 Å². The van der Waals surface area contributed by atoms with Crippen molar-refractivity contribution in [2.45, 2.75) is 92.2 Å². The molecule has 4 rings (SSSR count). The minimum absolute atomic E-state index is 0.624. The number of nitrogens with zero attached hydrogens (tertiary/aromatic N) is 2. The molecule has 2 saturated carbocycles. The number of fused-ring (bicyclic) bond motifs is 2. The van der Waals surface area contributed by atoms with Crippen molar-refractivity contribution in [1.82, 2.24) is 9.13 Å². The minimum Gasteiger partial charge on any atom is -0.374 e. The average molecular weight is 451 g/mol. The van der Waals surface area contributed by atoms with Crippen molar-refractivity contribution in [3.8, 4) is 0 Å². The number of hydrogen-bond acceptors (Lipinski definition) is 4. The number of piperidine rings is 2. The Balaban J connectivity index is 1.68. The molecule has 0 bridgehead atoms. The molecule has 4 nitrogen and oxygen atoms in total. The van der Waals surface area contributed by atoms with Gasteiger partial charge in [0, 0.05) is 26.3 Å². The van der Waals surface area contributed by atoms with Crippen LogP contribution in [-0.2, 0) is 8.85 Å². The van der Waals surface area contributed by atoms with Gasteiger partial charge in [-0.15, -0.1) is 0 Å². The second kappa shape index (κ2) is 9.36. The van der Waals surface area contributed by atoms with Gasteiger partial charge >= 0.3 is 8.88 Å². The van der Waals surface area contributed by atoms with Crippen LogP contribution in [0.4, 0.5) is 0 Å². The molecule has 180 valence electrons. The van der Waals surface area contributed by atoms with E-state index in [1.54, 1.807) is 0 Å². The zero-order valence-electron chi connectivity index (χ0n) is 21.6. The van der Waals surface area contributed by atoms with E-state index in [0.29, 0.717) is 12.1 Å². The van der Waals surface area contributed by atoms with Crippen molar-refractivity contribution in [3.63, 3.8) is 0 Å². The summed E-state index contributed by atoms with van der Waals surface area (Å²) < 4.78 is 18.9. The molecule has 2 aliphatic heterocycles. The van der Waals surface area contributed by atoms with Gasteiger partial charge in [0.1, 0.15) is 0 Å². The van der Waals surface area contributed by atoms with E-state index in [0.717, 1.165) is 60.4 Å². The Morgan fingerprint density at radius 2 is 0.935 bits per heavy atom. The normalized spacial score (nSPS) is 47.6. The summed E-state index contributed by atoms with van der Waals surface area (Å²) in [5.74, 6) is 6.44. The fraction of sp³-hybridized carbons (Fsp3) is 1.00. The largest absolute Gasteiger partial charge is 0.522 e. The highest BCUT2D eigenvalue weighted by Gasteiger charge is 2.61. The molecule has 0 aromatic rings. The van der Waals surface area contributed by atoms with Gasteiger partial charge in [-0.1, -0.05) is 41.5 Å². The molecule has 10 unspecified atom stereocenters. The molecule has 10 atom stereocenters. The zero-order chi connectivity index (χ0) is 22.5. The number of hydrogen-bond donors (Lipinski definition) is 0. The molecule has 0 radical (unpaired) electrons. The van der Waals surface area contributed by atoms with E-state index < -0.39 is 8.88 Å². The monoisotopic (exact) mass is 450 g/mol. The topological polar surface area (TPSA) is 24.9 Å². The maximum absolute atomic E-state index is 6.63. The molecule has 0 aromatic carbocycles. The van der Waals surface area contributed by atoms with Crippen LogP contribution in [0, 0.1) is 47.3 Å². The quantitative estimate of drug-likeness (QED) is 0.528. The highest BCUT2D eigenvalue weighted by Crippen LogP contribution is 2.50. The smallest absolute Gasteiger partial charge is 0.374 e. The van der Waals surface area contributed by atoms with Gasteiger partial charge in [0.2, 0.25) is 0 Å². The molecular formula is C26H50N2O2Si. The summed E-state index contributed by atoms with van der Waals surface area (Å²) in [7, 11) is 1.26. The Morgan fingerprint density at radius 3 is 1.29 bits per heavy atom. The standard InChI is InChI=1S/C26H50N2O2Si/c1-17-9-11-23-25(21(17)5)19(3)13-15-27(23)31(29-7,30-8)28-16-14-20(4)26-22(6)18(2)10-12-24(26)28/h17-26H,9-16H2,1-8H3. The van der Waals surface area contributed by atoms with Crippen LogP contribution >= 0.6 is 0 Å². The summed E-state index contributed by atoms with van der Waals surface area (Å²) in [4.78, 5) is 0. The SMILES string of the molecule is CO[Si](OC)(N1CCC(C)C2C(C)C(C)CCC21)N1CCC(C)C2C(C)C(C)CCC21. The lowest BCUT2D eigenvalue weighted by atomic mass is 9.64. The lowest BCUT2D eigenvalue weighted by molar-refractivity contribution is -0.0617. The van der Waals surface area contributed by atoms with Crippen LogP contribution in [0.25, 0.3) is 0 Å². The predicted octanol–water partition coefficient (Wildman–Crippen LogP) is 5.50. The second-order valence-corrected chi connectivity index (χ2v) is 15.1. The fourth-order valence-electron chi connectivity index (χ4n) is 8.58. The van der Waals surface area contributed by atoms with Crippen molar-refractivity contribution in [1.29, 1.82) is 0 Å². The molecule has 0 spiro atoms. The first-order valence-corrected chi connectivity index (χ1v) is 15.1. The average Bonchev–Trinajstić information content (AvgIpc) is 2.76. The Kier molecular flexibility index (Phi) is 7.31. The molecule has 4 fully saturated rings. The maximum Gasteiger partial charge on any atom is 0.522 e. The van der Waals surface area contributed by atoms with Gasteiger partial charge < -0.3 is 8.85 Å². The van der Waals surface area contributed by atoms with Crippen molar-refractivity contribution in [2.24, 2.45) is 47.3 Å². The Bertz CT molecular complexity index is 566. The third kappa shape index (κ3) is 3.88. The summed E-state index contributed by atoms with van der Waals surface area (Å²) in [6, 6.07) is 1.25. The molecule has 2 aliphatic carbocycles.